The van der Waals surface area contributed by atoms with E-state index in [0.29, 0.717) is 0 Å². The van der Waals surface area contributed by atoms with Crippen LogP contribution in [0.5, 0.6) is 0 Å². The Balaban J connectivity index is 3.30. The molecule has 0 bridgehead atoms. The average Bonchev–Trinajstić information content (AvgIpc) is 2.09. The maximum Gasteiger partial charge on any atom is -0.0142 e. The first-order valence-electron chi connectivity index (χ1n) is 5.12. The summed E-state index contributed by atoms with van der Waals surface area (Å²) in [4.78, 5) is 0. The lowest BCUT2D eigenvalue weighted by atomic mass is 10.1. The van der Waals surface area contributed by atoms with Gasteiger partial charge in [0.05, 0.1) is 0 Å². The van der Waals surface area contributed by atoms with Crippen molar-refractivity contribution < 1.29 is 0 Å². The first-order valence-corrected chi connectivity index (χ1v) is 5.12. The first kappa shape index (κ1) is 11.5. The van der Waals surface area contributed by atoms with Crippen LogP contribution in [0, 0.1) is 0 Å². The van der Waals surface area contributed by atoms with Gasteiger partial charge in [-0.3, -0.25) is 0 Å². The highest BCUT2D eigenvalue weighted by molar-refractivity contribution is 5.01. The molecule has 0 rings (SSSR count). The fourth-order valence-corrected chi connectivity index (χ4v) is 1.06. The van der Waals surface area contributed by atoms with Gasteiger partial charge in [0.25, 0.3) is 0 Å². The Morgan fingerprint density at radius 3 is 2.50 bits per heavy atom. The summed E-state index contributed by atoms with van der Waals surface area (Å²) in [6, 6.07) is 0. The Kier molecular flexibility index (Phi) is 8.20. The van der Waals surface area contributed by atoms with Gasteiger partial charge in [-0.25, -0.2) is 0 Å². The normalized spacial score (nSPS) is 10.8. The zero-order chi connectivity index (χ0) is 9.23. The zero-order valence-electron chi connectivity index (χ0n) is 8.60. The topological polar surface area (TPSA) is 0 Å². The van der Waals surface area contributed by atoms with Crippen LogP contribution in [0.4, 0.5) is 0 Å². The summed E-state index contributed by atoms with van der Waals surface area (Å²) in [7, 11) is 0. The number of unbranched alkanes of at least 4 members (excludes halogenated alkanes) is 2. The van der Waals surface area contributed by atoms with Crippen molar-refractivity contribution >= 4 is 0 Å². The molecule has 0 radical (unpaired) electrons. The molecule has 0 saturated carbocycles. The highest BCUT2D eigenvalue weighted by Gasteiger charge is 1.89. The van der Waals surface area contributed by atoms with E-state index < -0.39 is 0 Å². The van der Waals surface area contributed by atoms with Crippen LogP contribution in [0.1, 0.15) is 52.4 Å². The maximum absolute atomic E-state index is 4.04. The van der Waals surface area contributed by atoms with Crippen molar-refractivity contribution in [1.82, 2.24) is 0 Å². The number of allylic oxidation sites excluding steroid dienone is 3. The van der Waals surface area contributed by atoms with Crippen LogP contribution in [-0.2, 0) is 0 Å². The maximum atomic E-state index is 4.04. The Hall–Kier alpha value is -0.520. The van der Waals surface area contributed by atoms with Gasteiger partial charge in [0, 0.05) is 0 Å². The summed E-state index contributed by atoms with van der Waals surface area (Å²) in [6.45, 7) is 8.47. The highest BCUT2D eigenvalue weighted by atomic mass is 14.0. The summed E-state index contributed by atoms with van der Waals surface area (Å²) in [5, 5.41) is 0. The molecule has 0 heterocycles. The Bertz CT molecular complexity index is 131. The second-order valence-electron chi connectivity index (χ2n) is 3.32. The van der Waals surface area contributed by atoms with Crippen LogP contribution in [0.15, 0.2) is 24.3 Å². The third-order valence-electron chi connectivity index (χ3n) is 1.91. The molecular weight excluding hydrogens is 144 g/mol. The molecule has 70 valence electrons. The smallest absolute Gasteiger partial charge is 0.0142 e. The van der Waals surface area contributed by atoms with E-state index in [1.165, 1.54) is 37.7 Å². The van der Waals surface area contributed by atoms with Crippen molar-refractivity contribution in [3.8, 4) is 0 Å². The lowest BCUT2D eigenvalue weighted by Gasteiger charge is -1.99. The van der Waals surface area contributed by atoms with Gasteiger partial charge in [0.1, 0.15) is 0 Å². The van der Waals surface area contributed by atoms with Crippen molar-refractivity contribution in [2.24, 2.45) is 0 Å². The molecule has 0 fully saturated rings. The highest BCUT2D eigenvalue weighted by Crippen LogP contribution is 2.09. The molecule has 0 aliphatic rings. The SMILES string of the molecule is C=C(CC=CCCC)CCCC. The van der Waals surface area contributed by atoms with E-state index in [2.05, 4.69) is 32.6 Å². The summed E-state index contributed by atoms with van der Waals surface area (Å²) in [5.41, 5.74) is 1.38. The molecular formula is C12H22. The molecule has 0 nitrogen and oxygen atoms in total. The Morgan fingerprint density at radius 2 is 1.92 bits per heavy atom. The molecule has 0 aliphatic carbocycles. The molecule has 0 saturated heterocycles. The van der Waals surface area contributed by atoms with E-state index in [4.69, 9.17) is 0 Å². The molecule has 0 aromatic rings. The van der Waals surface area contributed by atoms with E-state index in [9.17, 15) is 0 Å². The minimum atomic E-state index is 1.08. The molecule has 0 heteroatoms. The van der Waals surface area contributed by atoms with E-state index >= 15 is 0 Å². The van der Waals surface area contributed by atoms with Crippen LogP contribution in [0.2, 0.25) is 0 Å². The van der Waals surface area contributed by atoms with Crippen molar-refractivity contribution in [2.75, 3.05) is 0 Å². The number of hydrogen-bond donors (Lipinski definition) is 0. The van der Waals surface area contributed by atoms with Crippen molar-refractivity contribution in [3.05, 3.63) is 24.3 Å². The van der Waals surface area contributed by atoms with Crippen LogP contribution >= 0.6 is 0 Å². The van der Waals surface area contributed by atoms with Crippen LogP contribution < -0.4 is 0 Å². The predicted octanol–water partition coefficient (Wildman–Crippen LogP) is 4.48. The Labute approximate surface area is 77.4 Å². The number of rotatable bonds is 7. The fraction of sp³-hybridized carbons (Fsp3) is 0.667. The molecule has 0 atom stereocenters. The zero-order valence-corrected chi connectivity index (χ0v) is 8.60. The largest absolute Gasteiger partial charge is 0.0995 e. The average molecular weight is 166 g/mol. The summed E-state index contributed by atoms with van der Waals surface area (Å²) < 4.78 is 0. The minimum Gasteiger partial charge on any atom is -0.0995 e. The summed E-state index contributed by atoms with van der Waals surface area (Å²) in [5.74, 6) is 0. The second kappa shape index (κ2) is 8.58. The molecule has 0 spiro atoms. The number of hydrogen-bond acceptors (Lipinski definition) is 0. The monoisotopic (exact) mass is 166 g/mol. The van der Waals surface area contributed by atoms with Crippen LogP contribution in [-0.4, -0.2) is 0 Å². The van der Waals surface area contributed by atoms with Gasteiger partial charge in [-0.15, -0.1) is 0 Å². The molecule has 0 aromatic carbocycles. The predicted molar refractivity (Wildman–Crippen MR) is 57.3 cm³/mol. The second-order valence-corrected chi connectivity index (χ2v) is 3.32. The molecule has 12 heavy (non-hydrogen) atoms. The lowest BCUT2D eigenvalue weighted by molar-refractivity contribution is 0.777. The van der Waals surface area contributed by atoms with E-state index in [-0.39, 0.29) is 0 Å². The summed E-state index contributed by atoms with van der Waals surface area (Å²) in [6.07, 6.45) is 11.8. The van der Waals surface area contributed by atoms with Gasteiger partial charge in [-0.05, 0) is 25.7 Å². The van der Waals surface area contributed by atoms with Crippen LogP contribution in [0.25, 0.3) is 0 Å². The Morgan fingerprint density at radius 1 is 1.17 bits per heavy atom. The molecule has 0 aromatic heterocycles. The van der Waals surface area contributed by atoms with Gasteiger partial charge in [0.2, 0.25) is 0 Å². The van der Waals surface area contributed by atoms with E-state index in [0.717, 1.165) is 6.42 Å². The van der Waals surface area contributed by atoms with Gasteiger partial charge >= 0.3 is 0 Å². The van der Waals surface area contributed by atoms with Gasteiger partial charge < -0.3 is 0 Å². The molecule has 0 aliphatic heterocycles. The summed E-state index contributed by atoms with van der Waals surface area (Å²) >= 11 is 0. The first-order chi connectivity index (χ1) is 5.81. The molecule has 0 amide bonds. The van der Waals surface area contributed by atoms with Gasteiger partial charge in [0.15, 0.2) is 0 Å². The van der Waals surface area contributed by atoms with E-state index in [1.807, 2.05) is 0 Å². The van der Waals surface area contributed by atoms with Crippen molar-refractivity contribution in [2.45, 2.75) is 52.4 Å². The lowest BCUT2D eigenvalue weighted by Crippen LogP contribution is -1.79. The van der Waals surface area contributed by atoms with Crippen LogP contribution in [0.3, 0.4) is 0 Å². The molecule has 0 unspecified atom stereocenters. The minimum absolute atomic E-state index is 1.08. The van der Waals surface area contributed by atoms with Crippen molar-refractivity contribution in [1.29, 1.82) is 0 Å². The van der Waals surface area contributed by atoms with Crippen molar-refractivity contribution in [3.63, 3.8) is 0 Å². The third-order valence-corrected chi connectivity index (χ3v) is 1.91. The molecule has 0 N–H and O–H groups in total. The quantitative estimate of drug-likeness (QED) is 0.489. The third kappa shape index (κ3) is 7.59. The standard InChI is InChI=1S/C12H22/c1-4-6-8-9-11-12(3)10-7-5-2/h8-9H,3-7,10-11H2,1-2H3. The van der Waals surface area contributed by atoms with E-state index in [1.54, 1.807) is 0 Å². The van der Waals surface area contributed by atoms with Gasteiger partial charge in [-0.1, -0.05) is 51.0 Å². The fourth-order valence-electron chi connectivity index (χ4n) is 1.06. The van der Waals surface area contributed by atoms with Gasteiger partial charge in [-0.2, -0.15) is 0 Å².